The third-order valence-corrected chi connectivity index (χ3v) is 4.14. The van der Waals surface area contributed by atoms with Gasteiger partial charge in [-0.2, -0.15) is 5.10 Å². The SMILES string of the molecule is Clc1ccc(C=Cn2ncc3ccc(-c4ccncc4)cc32)cc1. The smallest absolute Gasteiger partial charge is 0.0740 e. The van der Waals surface area contributed by atoms with Crippen LogP contribution in [0.3, 0.4) is 0 Å². The van der Waals surface area contributed by atoms with E-state index in [4.69, 9.17) is 11.6 Å². The van der Waals surface area contributed by atoms with Gasteiger partial charge < -0.3 is 0 Å². The van der Waals surface area contributed by atoms with Crippen LogP contribution in [0.15, 0.2) is 73.2 Å². The number of aromatic nitrogens is 3. The number of benzene rings is 2. The van der Waals surface area contributed by atoms with Crippen molar-refractivity contribution in [1.82, 2.24) is 14.8 Å². The number of pyridine rings is 1. The van der Waals surface area contributed by atoms with Crippen molar-refractivity contribution in [3.8, 4) is 11.1 Å². The van der Waals surface area contributed by atoms with Crippen LogP contribution in [0.25, 0.3) is 34.3 Å². The molecule has 0 spiro atoms. The van der Waals surface area contributed by atoms with E-state index in [9.17, 15) is 0 Å². The van der Waals surface area contributed by atoms with E-state index in [0.29, 0.717) is 0 Å². The maximum atomic E-state index is 5.92. The van der Waals surface area contributed by atoms with Gasteiger partial charge >= 0.3 is 0 Å². The minimum Gasteiger partial charge on any atom is -0.265 e. The monoisotopic (exact) mass is 331 g/mol. The van der Waals surface area contributed by atoms with Crippen LogP contribution < -0.4 is 0 Å². The van der Waals surface area contributed by atoms with Gasteiger partial charge in [0.25, 0.3) is 0 Å². The molecule has 0 bridgehead atoms. The highest BCUT2D eigenvalue weighted by atomic mass is 35.5. The molecule has 116 valence electrons. The molecule has 0 radical (unpaired) electrons. The molecule has 0 atom stereocenters. The Labute approximate surface area is 144 Å². The van der Waals surface area contributed by atoms with Gasteiger partial charge in [0.15, 0.2) is 0 Å². The third kappa shape index (κ3) is 2.94. The lowest BCUT2D eigenvalue weighted by Crippen LogP contribution is -1.88. The molecule has 0 saturated carbocycles. The Kier molecular flexibility index (Phi) is 3.85. The Morgan fingerprint density at radius 3 is 2.46 bits per heavy atom. The fraction of sp³-hybridized carbons (Fsp3) is 0. The maximum absolute atomic E-state index is 5.92. The molecule has 0 saturated heterocycles. The highest BCUT2D eigenvalue weighted by molar-refractivity contribution is 6.30. The van der Waals surface area contributed by atoms with E-state index in [1.807, 2.05) is 59.6 Å². The molecule has 0 unspecified atom stereocenters. The first-order valence-electron chi connectivity index (χ1n) is 7.61. The Hall–Kier alpha value is -2.91. The maximum Gasteiger partial charge on any atom is 0.0740 e. The zero-order chi connectivity index (χ0) is 16.4. The van der Waals surface area contributed by atoms with Crippen LogP contribution >= 0.6 is 11.6 Å². The summed E-state index contributed by atoms with van der Waals surface area (Å²) in [5.74, 6) is 0. The van der Waals surface area contributed by atoms with Crippen molar-refractivity contribution in [3.05, 3.63) is 83.8 Å². The number of hydrogen-bond donors (Lipinski definition) is 0. The molecular weight excluding hydrogens is 318 g/mol. The predicted octanol–water partition coefficient (Wildman–Crippen LogP) is 5.38. The van der Waals surface area contributed by atoms with E-state index < -0.39 is 0 Å². The Morgan fingerprint density at radius 1 is 0.875 bits per heavy atom. The second kappa shape index (κ2) is 6.30. The third-order valence-electron chi connectivity index (χ3n) is 3.89. The predicted molar refractivity (Wildman–Crippen MR) is 99.6 cm³/mol. The van der Waals surface area contributed by atoms with Gasteiger partial charge in [-0.3, -0.25) is 4.98 Å². The van der Waals surface area contributed by atoms with Gasteiger partial charge in [0, 0.05) is 29.0 Å². The van der Waals surface area contributed by atoms with Gasteiger partial charge in [-0.25, -0.2) is 4.68 Å². The topological polar surface area (TPSA) is 30.7 Å². The quantitative estimate of drug-likeness (QED) is 0.504. The average Bonchev–Trinajstić information content (AvgIpc) is 3.04. The van der Waals surface area contributed by atoms with E-state index in [1.54, 1.807) is 12.4 Å². The molecule has 0 amide bonds. The molecule has 0 N–H and O–H groups in total. The van der Waals surface area contributed by atoms with E-state index in [2.05, 4.69) is 28.3 Å². The van der Waals surface area contributed by atoms with E-state index in [-0.39, 0.29) is 0 Å². The lowest BCUT2D eigenvalue weighted by atomic mass is 10.1. The minimum absolute atomic E-state index is 0.735. The van der Waals surface area contributed by atoms with Crippen molar-refractivity contribution in [1.29, 1.82) is 0 Å². The van der Waals surface area contributed by atoms with Crippen molar-refractivity contribution >= 4 is 34.8 Å². The van der Waals surface area contributed by atoms with Gasteiger partial charge in [0.2, 0.25) is 0 Å². The van der Waals surface area contributed by atoms with Gasteiger partial charge in [0.05, 0.1) is 11.7 Å². The summed E-state index contributed by atoms with van der Waals surface area (Å²) in [5, 5.41) is 6.29. The van der Waals surface area contributed by atoms with Crippen LogP contribution in [0.4, 0.5) is 0 Å². The van der Waals surface area contributed by atoms with E-state index in [0.717, 1.165) is 32.6 Å². The summed E-state index contributed by atoms with van der Waals surface area (Å²) in [6, 6.07) is 18.1. The highest BCUT2D eigenvalue weighted by Gasteiger charge is 2.04. The average molecular weight is 332 g/mol. The van der Waals surface area contributed by atoms with Crippen molar-refractivity contribution < 1.29 is 0 Å². The number of rotatable bonds is 3. The molecular formula is C20H14ClN3. The summed E-state index contributed by atoms with van der Waals surface area (Å²) < 4.78 is 1.88. The second-order valence-electron chi connectivity index (χ2n) is 5.47. The first-order valence-corrected chi connectivity index (χ1v) is 7.99. The normalized spacial score (nSPS) is 11.4. The number of nitrogens with zero attached hydrogens (tertiary/aromatic N) is 3. The molecule has 0 aliphatic rings. The molecule has 2 aromatic heterocycles. The van der Waals surface area contributed by atoms with Crippen LogP contribution in [-0.2, 0) is 0 Å². The number of halogens is 1. The highest BCUT2D eigenvalue weighted by Crippen LogP contribution is 2.24. The Bertz CT molecular complexity index is 1000. The molecule has 3 nitrogen and oxygen atoms in total. The summed E-state index contributed by atoms with van der Waals surface area (Å²) >= 11 is 5.92. The largest absolute Gasteiger partial charge is 0.265 e. The van der Waals surface area contributed by atoms with Crippen LogP contribution in [0.5, 0.6) is 0 Å². The molecule has 24 heavy (non-hydrogen) atoms. The van der Waals surface area contributed by atoms with Crippen LogP contribution in [0.2, 0.25) is 5.02 Å². The number of fused-ring (bicyclic) bond motifs is 1. The Morgan fingerprint density at radius 2 is 1.67 bits per heavy atom. The van der Waals surface area contributed by atoms with Gasteiger partial charge in [-0.1, -0.05) is 35.9 Å². The fourth-order valence-corrected chi connectivity index (χ4v) is 2.74. The van der Waals surface area contributed by atoms with Gasteiger partial charge in [-0.15, -0.1) is 0 Å². The molecule has 4 heteroatoms. The minimum atomic E-state index is 0.735. The van der Waals surface area contributed by atoms with Crippen molar-refractivity contribution in [2.75, 3.05) is 0 Å². The summed E-state index contributed by atoms with van der Waals surface area (Å²) in [7, 11) is 0. The van der Waals surface area contributed by atoms with E-state index >= 15 is 0 Å². The lowest BCUT2D eigenvalue weighted by molar-refractivity contribution is 0.969. The summed E-state index contributed by atoms with van der Waals surface area (Å²) in [4.78, 5) is 4.07. The summed E-state index contributed by atoms with van der Waals surface area (Å²) in [6.07, 6.45) is 9.45. The van der Waals surface area contributed by atoms with Crippen LogP contribution in [0, 0.1) is 0 Å². The molecule has 2 aromatic carbocycles. The molecule has 4 rings (SSSR count). The van der Waals surface area contributed by atoms with Crippen molar-refractivity contribution in [3.63, 3.8) is 0 Å². The van der Waals surface area contributed by atoms with Crippen LogP contribution in [0.1, 0.15) is 5.56 Å². The zero-order valence-corrected chi connectivity index (χ0v) is 13.6. The number of hydrogen-bond acceptors (Lipinski definition) is 2. The molecule has 0 aliphatic heterocycles. The first-order chi connectivity index (χ1) is 11.8. The first kappa shape index (κ1) is 14.7. The molecule has 0 aliphatic carbocycles. The molecule has 0 fully saturated rings. The molecule has 4 aromatic rings. The van der Waals surface area contributed by atoms with Crippen molar-refractivity contribution in [2.45, 2.75) is 0 Å². The Balaban J connectivity index is 1.72. The van der Waals surface area contributed by atoms with E-state index in [1.165, 1.54) is 0 Å². The lowest BCUT2D eigenvalue weighted by Gasteiger charge is -2.03. The van der Waals surface area contributed by atoms with Gasteiger partial charge in [0.1, 0.15) is 0 Å². The standard InChI is InChI=1S/C20H14ClN3/c21-19-5-1-15(2-6-19)9-12-24-20-13-17(3-4-18(20)14-23-24)16-7-10-22-11-8-16/h1-14H. The van der Waals surface area contributed by atoms with Crippen molar-refractivity contribution in [2.24, 2.45) is 0 Å². The van der Waals surface area contributed by atoms with Crippen LogP contribution in [-0.4, -0.2) is 14.8 Å². The summed E-state index contributed by atoms with van der Waals surface area (Å²) in [5.41, 5.74) is 4.43. The fourth-order valence-electron chi connectivity index (χ4n) is 2.61. The van der Waals surface area contributed by atoms with Gasteiger partial charge in [-0.05, 0) is 53.1 Å². The molecule has 2 heterocycles. The zero-order valence-electron chi connectivity index (χ0n) is 12.8. The second-order valence-corrected chi connectivity index (χ2v) is 5.90. The summed E-state index contributed by atoms with van der Waals surface area (Å²) in [6.45, 7) is 0.